The zero-order valence-corrected chi connectivity index (χ0v) is 9.76. The van der Waals surface area contributed by atoms with Crippen LogP contribution in [0, 0.1) is 0 Å². The smallest absolute Gasteiger partial charge is 0.104 e. The Morgan fingerprint density at radius 2 is 1.94 bits per heavy atom. The molecular formula is C15H16O2. The lowest BCUT2D eigenvalue weighted by molar-refractivity contribution is 0.119. The number of fused-ring (bicyclic) bond motifs is 1. The number of ether oxygens (including phenoxy) is 2. The first-order valence-electron chi connectivity index (χ1n) is 6.09. The fraction of sp³-hybridized carbons (Fsp3) is 0.333. The van der Waals surface area contributed by atoms with Gasteiger partial charge < -0.3 is 9.47 Å². The third-order valence-electron chi connectivity index (χ3n) is 3.10. The Morgan fingerprint density at radius 1 is 1.12 bits per heavy atom. The first-order chi connectivity index (χ1) is 8.43. The van der Waals surface area contributed by atoms with Crippen LogP contribution in [0.15, 0.2) is 42.5 Å². The topological polar surface area (TPSA) is 21.8 Å². The van der Waals surface area contributed by atoms with Crippen molar-refractivity contribution in [1.29, 1.82) is 0 Å². The summed E-state index contributed by atoms with van der Waals surface area (Å²) in [6.45, 7) is 2.38. The van der Waals surface area contributed by atoms with Crippen LogP contribution in [-0.2, 0) is 15.9 Å². The monoisotopic (exact) mass is 228 g/mol. The third kappa shape index (κ3) is 2.65. The molecule has 2 aromatic carbocycles. The van der Waals surface area contributed by atoms with Crippen LogP contribution in [0.5, 0.6) is 0 Å². The van der Waals surface area contributed by atoms with E-state index in [9.17, 15) is 0 Å². The van der Waals surface area contributed by atoms with Crippen LogP contribution in [0.2, 0.25) is 0 Å². The molecule has 1 fully saturated rings. The fourth-order valence-electron chi connectivity index (χ4n) is 2.07. The molecule has 2 aromatic rings. The van der Waals surface area contributed by atoms with Gasteiger partial charge in [0.2, 0.25) is 0 Å². The molecule has 1 atom stereocenters. The highest BCUT2D eigenvalue weighted by Gasteiger charge is 2.21. The van der Waals surface area contributed by atoms with E-state index < -0.39 is 0 Å². The molecule has 1 heterocycles. The van der Waals surface area contributed by atoms with Gasteiger partial charge in [-0.3, -0.25) is 0 Å². The van der Waals surface area contributed by atoms with Gasteiger partial charge in [0.15, 0.2) is 0 Å². The molecule has 0 radical (unpaired) electrons. The molecular weight excluding hydrogens is 212 g/mol. The van der Waals surface area contributed by atoms with Crippen LogP contribution >= 0.6 is 0 Å². The van der Waals surface area contributed by atoms with Crippen LogP contribution in [0.3, 0.4) is 0 Å². The zero-order chi connectivity index (χ0) is 11.5. The Morgan fingerprint density at radius 3 is 2.82 bits per heavy atom. The molecule has 3 rings (SSSR count). The van der Waals surface area contributed by atoms with Crippen molar-refractivity contribution in [2.75, 3.05) is 19.8 Å². The van der Waals surface area contributed by atoms with E-state index in [4.69, 9.17) is 9.47 Å². The molecule has 88 valence electrons. The first kappa shape index (κ1) is 10.8. The largest absolute Gasteiger partial charge is 0.378 e. The summed E-state index contributed by atoms with van der Waals surface area (Å²) in [6.07, 6.45) is 1.33. The van der Waals surface area contributed by atoms with E-state index in [0.717, 1.165) is 26.2 Å². The summed E-state index contributed by atoms with van der Waals surface area (Å²) < 4.78 is 10.7. The molecule has 1 aliphatic heterocycles. The minimum absolute atomic E-state index is 0.363. The standard InChI is InChI=1S/C15H16O2/c1-2-7-15-12(4-1)5-3-6-13(15)8-9-16-10-14-11-17-14/h1-7,14H,8-11H2. The van der Waals surface area contributed by atoms with E-state index in [1.165, 1.54) is 16.3 Å². The second-order valence-electron chi connectivity index (χ2n) is 4.42. The average molecular weight is 228 g/mol. The quantitative estimate of drug-likeness (QED) is 0.580. The molecule has 0 spiro atoms. The Labute approximate surface area is 101 Å². The Hall–Kier alpha value is -1.38. The van der Waals surface area contributed by atoms with Gasteiger partial charge in [-0.15, -0.1) is 0 Å². The van der Waals surface area contributed by atoms with Gasteiger partial charge in [0.25, 0.3) is 0 Å². The highest BCUT2D eigenvalue weighted by molar-refractivity contribution is 5.85. The van der Waals surface area contributed by atoms with Crippen LogP contribution < -0.4 is 0 Å². The maximum atomic E-state index is 5.59. The Kier molecular flexibility index (Phi) is 3.08. The summed E-state index contributed by atoms with van der Waals surface area (Å²) in [5, 5.41) is 2.64. The van der Waals surface area contributed by atoms with Gasteiger partial charge in [-0.1, -0.05) is 42.5 Å². The molecule has 17 heavy (non-hydrogen) atoms. The van der Waals surface area contributed by atoms with Crippen molar-refractivity contribution >= 4 is 10.8 Å². The van der Waals surface area contributed by atoms with Crippen molar-refractivity contribution in [3.63, 3.8) is 0 Å². The van der Waals surface area contributed by atoms with Gasteiger partial charge >= 0.3 is 0 Å². The van der Waals surface area contributed by atoms with E-state index in [2.05, 4.69) is 42.5 Å². The van der Waals surface area contributed by atoms with E-state index in [1.54, 1.807) is 0 Å². The zero-order valence-electron chi connectivity index (χ0n) is 9.76. The minimum Gasteiger partial charge on any atom is -0.378 e. The van der Waals surface area contributed by atoms with E-state index in [1.807, 2.05) is 0 Å². The summed E-state index contributed by atoms with van der Waals surface area (Å²) >= 11 is 0. The normalized spacial score (nSPS) is 18.5. The minimum atomic E-state index is 0.363. The average Bonchev–Trinajstić information content (AvgIpc) is 3.19. The van der Waals surface area contributed by atoms with Gasteiger partial charge in [0.1, 0.15) is 6.10 Å². The molecule has 0 aliphatic carbocycles. The van der Waals surface area contributed by atoms with Crippen LogP contribution in [0.4, 0.5) is 0 Å². The predicted molar refractivity (Wildman–Crippen MR) is 68.2 cm³/mol. The van der Waals surface area contributed by atoms with Gasteiger partial charge in [-0.05, 0) is 22.8 Å². The van der Waals surface area contributed by atoms with Crippen LogP contribution in [0.1, 0.15) is 5.56 Å². The highest BCUT2D eigenvalue weighted by Crippen LogP contribution is 2.19. The lowest BCUT2D eigenvalue weighted by Crippen LogP contribution is -2.05. The molecule has 1 aliphatic rings. The van der Waals surface area contributed by atoms with E-state index >= 15 is 0 Å². The van der Waals surface area contributed by atoms with Gasteiger partial charge in [-0.2, -0.15) is 0 Å². The fourth-order valence-corrected chi connectivity index (χ4v) is 2.07. The molecule has 0 N–H and O–H groups in total. The number of hydrogen-bond acceptors (Lipinski definition) is 2. The van der Waals surface area contributed by atoms with E-state index in [0.29, 0.717) is 6.10 Å². The Bertz CT molecular complexity index is 498. The second-order valence-corrected chi connectivity index (χ2v) is 4.42. The Balaban J connectivity index is 1.66. The van der Waals surface area contributed by atoms with Crippen molar-refractivity contribution < 1.29 is 9.47 Å². The maximum absolute atomic E-state index is 5.59. The summed E-state index contributed by atoms with van der Waals surface area (Å²) in [5.41, 5.74) is 1.36. The predicted octanol–water partition coefficient (Wildman–Crippen LogP) is 2.80. The number of hydrogen-bond donors (Lipinski definition) is 0. The SMILES string of the molecule is c1ccc2c(CCOCC3CO3)cccc2c1. The van der Waals surface area contributed by atoms with Crippen LogP contribution in [0.25, 0.3) is 10.8 Å². The van der Waals surface area contributed by atoms with Gasteiger partial charge in [0, 0.05) is 0 Å². The van der Waals surface area contributed by atoms with Crippen molar-refractivity contribution in [2.24, 2.45) is 0 Å². The van der Waals surface area contributed by atoms with E-state index in [-0.39, 0.29) is 0 Å². The number of rotatable bonds is 5. The second kappa shape index (κ2) is 4.86. The maximum Gasteiger partial charge on any atom is 0.104 e. The number of epoxide rings is 1. The summed E-state index contributed by atoms with van der Waals surface area (Å²) in [4.78, 5) is 0. The van der Waals surface area contributed by atoms with Gasteiger partial charge in [-0.25, -0.2) is 0 Å². The lowest BCUT2D eigenvalue weighted by Gasteiger charge is -2.06. The molecule has 0 saturated carbocycles. The third-order valence-corrected chi connectivity index (χ3v) is 3.10. The van der Waals surface area contributed by atoms with Gasteiger partial charge in [0.05, 0.1) is 19.8 Å². The molecule has 2 heteroatoms. The molecule has 1 unspecified atom stereocenters. The molecule has 0 bridgehead atoms. The van der Waals surface area contributed by atoms with Crippen molar-refractivity contribution in [3.8, 4) is 0 Å². The van der Waals surface area contributed by atoms with Crippen molar-refractivity contribution in [1.82, 2.24) is 0 Å². The summed E-state index contributed by atoms with van der Waals surface area (Å²) in [5.74, 6) is 0. The highest BCUT2D eigenvalue weighted by atomic mass is 16.6. The molecule has 0 amide bonds. The molecule has 2 nitrogen and oxygen atoms in total. The lowest BCUT2D eigenvalue weighted by atomic mass is 10.0. The van der Waals surface area contributed by atoms with Crippen LogP contribution in [-0.4, -0.2) is 25.9 Å². The molecule has 0 aromatic heterocycles. The molecule has 1 saturated heterocycles. The summed E-state index contributed by atoms with van der Waals surface area (Å²) in [6, 6.07) is 14.9. The number of benzene rings is 2. The summed E-state index contributed by atoms with van der Waals surface area (Å²) in [7, 11) is 0. The first-order valence-corrected chi connectivity index (χ1v) is 6.09. The van der Waals surface area contributed by atoms with Crippen molar-refractivity contribution in [3.05, 3.63) is 48.0 Å². The van der Waals surface area contributed by atoms with Crippen molar-refractivity contribution in [2.45, 2.75) is 12.5 Å².